The Morgan fingerprint density at radius 1 is 1.06 bits per heavy atom. The molecule has 1 fully saturated rings. The van der Waals surface area contributed by atoms with E-state index in [4.69, 9.17) is 14.8 Å². The van der Waals surface area contributed by atoms with Crippen LogP contribution in [-0.2, 0) is 0 Å². The Balaban J connectivity index is 1.90. The van der Waals surface area contributed by atoms with Gasteiger partial charge in [-0.05, 0) is 49.2 Å². The van der Waals surface area contributed by atoms with E-state index in [1.165, 1.54) is 12.8 Å². The van der Waals surface area contributed by atoms with E-state index in [9.17, 15) is 0 Å². The molecule has 0 radical (unpaired) electrons. The molecule has 0 bridgehead atoms. The molecular formula is C13H19BO3. The van der Waals surface area contributed by atoms with Gasteiger partial charge < -0.3 is 14.8 Å². The second-order valence-corrected chi connectivity index (χ2v) is 4.94. The van der Waals surface area contributed by atoms with E-state index < -0.39 is 7.12 Å². The van der Waals surface area contributed by atoms with Crippen LogP contribution >= 0.6 is 0 Å². The quantitative estimate of drug-likeness (QED) is 0.775. The summed E-state index contributed by atoms with van der Waals surface area (Å²) in [5.74, 6) is 1.63. The number of ether oxygens (including phenoxy) is 1. The van der Waals surface area contributed by atoms with Gasteiger partial charge in [0.25, 0.3) is 0 Å². The Kier molecular flexibility index (Phi) is 4.08. The van der Waals surface area contributed by atoms with Crippen molar-refractivity contribution in [2.45, 2.75) is 38.7 Å². The molecule has 92 valence electrons. The van der Waals surface area contributed by atoms with Gasteiger partial charge in [-0.15, -0.1) is 0 Å². The topological polar surface area (TPSA) is 49.7 Å². The first-order valence-electron chi connectivity index (χ1n) is 6.28. The predicted octanol–water partition coefficient (Wildman–Crippen LogP) is 1.32. The van der Waals surface area contributed by atoms with Crippen LogP contribution in [0.15, 0.2) is 24.3 Å². The molecule has 1 aliphatic carbocycles. The normalized spacial score (nSPS) is 24.4. The number of rotatable bonds is 3. The van der Waals surface area contributed by atoms with E-state index in [1.807, 2.05) is 0 Å². The molecule has 1 aliphatic rings. The van der Waals surface area contributed by atoms with Gasteiger partial charge >= 0.3 is 7.12 Å². The van der Waals surface area contributed by atoms with Crippen LogP contribution in [0, 0.1) is 5.92 Å². The number of benzene rings is 1. The molecule has 1 aromatic carbocycles. The Morgan fingerprint density at radius 2 is 1.65 bits per heavy atom. The zero-order chi connectivity index (χ0) is 12.3. The van der Waals surface area contributed by atoms with Crippen molar-refractivity contribution in [2.75, 3.05) is 0 Å². The highest BCUT2D eigenvalue weighted by Crippen LogP contribution is 2.26. The van der Waals surface area contributed by atoms with E-state index in [1.54, 1.807) is 24.3 Å². The summed E-state index contributed by atoms with van der Waals surface area (Å²) in [6.07, 6.45) is 5.02. The van der Waals surface area contributed by atoms with Gasteiger partial charge in [0, 0.05) is 0 Å². The molecule has 4 heteroatoms. The predicted molar refractivity (Wildman–Crippen MR) is 68.3 cm³/mol. The van der Waals surface area contributed by atoms with Crippen molar-refractivity contribution < 1.29 is 14.8 Å². The van der Waals surface area contributed by atoms with Crippen molar-refractivity contribution in [3.05, 3.63) is 24.3 Å². The maximum atomic E-state index is 8.98. The highest BCUT2D eigenvalue weighted by Gasteiger charge is 2.19. The van der Waals surface area contributed by atoms with E-state index in [-0.39, 0.29) is 0 Å². The van der Waals surface area contributed by atoms with Crippen molar-refractivity contribution in [1.82, 2.24) is 0 Å². The summed E-state index contributed by atoms with van der Waals surface area (Å²) in [7, 11) is -1.40. The molecule has 2 rings (SSSR count). The van der Waals surface area contributed by atoms with Crippen molar-refractivity contribution >= 4 is 12.6 Å². The lowest BCUT2D eigenvalue weighted by molar-refractivity contribution is 0.135. The van der Waals surface area contributed by atoms with Gasteiger partial charge in [0.15, 0.2) is 0 Å². The summed E-state index contributed by atoms with van der Waals surface area (Å²) in [6.45, 7) is 2.29. The fraction of sp³-hybridized carbons (Fsp3) is 0.538. The highest BCUT2D eigenvalue weighted by molar-refractivity contribution is 6.58. The van der Waals surface area contributed by atoms with Crippen molar-refractivity contribution in [2.24, 2.45) is 5.92 Å². The minimum atomic E-state index is -1.40. The Labute approximate surface area is 103 Å². The Morgan fingerprint density at radius 3 is 2.18 bits per heavy atom. The summed E-state index contributed by atoms with van der Waals surface area (Å²) in [5, 5.41) is 18.0. The summed E-state index contributed by atoms with van der Waals surface area (Å²) < 4.78 is 5.88. The molecule has 2 N–H and O–H groups in total. The molecule has 17 heavy (non-hydrogen) atoms. The Bertz CT molecular complexity index is 342. The maximum absolute atomic E-state index is 8.98. The fourth-order valence-corrected chi connectivity index (χ4v) is 2.26. The summed E-state index contributed by atoms with van der Waals surface area (Å²) >= 11 is 0. The summed E-state index contributed by atoms with van der Waals surface area (Å²) in [5.41, 5.74) is 0.495. The molecule has 0 heterocycles. The molecule has 0 aliphatic heterocycles. The molecule has 3 nitrogen and oxygen atoms in total. The third kappa shape index (κ3) is 3.48. The first kappa shape index (κ1) is 12.5. The van der Waals surface area contributed by atoms with Crippen LogP contribution in [0.2, 0.25) is 0 Å². The first-order chi connectivity index (χ1) is 8.15. The maximum Gasteiger partial charge on any atom is 0.488 e. The third-order valence-corrected chi connectivity index (χ3v) is 3.44. The van der Waals surface area contributed by atoms with E-state index >= 15 is 0 Å². The van der Waals surface area contributed by atoms with Crippen molar-refractivity contribution in [1.29, 1.82) is 0 Å². The standard InChI is InChI=1S/C13H19BO3/c1-10-2-6-12(7-3-10)17-13-8-4-11(5-9-13)14(15)16/h4-5,8-10,12,15-16H,2-3,6-7H2,1H3. The minimum absolute atomic E-state index is 0.316. The van der Waals surface area contributed by atoms with Crippen LogP contribution in [-0.4, -0.2) is 23.3 Å². The highest BCUT2D eigenvalue weighted by atomic mass is 16.5. The molecule has 0 amide bonds. The van der Waals surface area contributed by atoms with Gasteiger partial charge in [-0.2, -0.15) is 0 Å². The van der Waals surface area contributed by atoms with Gasteiger partial charge in [0.1, 0.15) is 5.75 Å². The molecule has 0 unspecified atom stereocenters. The van der Waals surface area contributed by atoms with E-state index in [0.717, 1.165) is 24.5 Å². The van der Waals surface area contributed by atoms with E-state index in [0.29, 0.717) is 11.6 Å². The molecule has 0 atom stereocenters. The average Bonchev–Trinajstić information content (AvgIpc) is 2.33. The zero-order valence-corrected chi connectivity index (χ0v) is 10.2. The minimum Gasteiger partial charge on any atom is -0.490 e. The van der Waals surface area contributed by atoms with Crippen LogP contribution in [0.1, 0.15) is 32.6 Å². The van der Waals surface area contributed by atoms with Crippen LogP contribution in [0.5, 0.6) is 5.75 Å². The molecule has 1 saturated carbocycles. The van der Waals surface area contributed by atoms with Crippen molar-refractivity contribution in [3.8, 4) is 5.75 Å². The fourth-order valence-electron chi connectivity index (χ4n) is 2.26. The summed E-state index contributed by atoms with van der Waals surface area (Å²) in [6, 6.07) is 6.97. The lowest BCUT2D eigenvalue weighted by atomic mass is 9.80. The lowest BCUT2D eigenvalue weighted by Crippen LogP contribution is -2.29. The Hall–Kier alpha value is -0.995. The van der Waals surface area contributed by atoms with Gasteiger partial charge in [0.2, 0.25) is 0 Å². The van der Waals surface area contributed by atoms with Gasteiger partial charge in [0.05, 0.1) is 6.10 Å². The van der Waals surface area contributed by atoms with Gasteiger partial charge in [-0.3, -0.25) is 0 Å². The molecule has 0 aromatic heterocycles. The molecule has 1 aromatic rings. The summed E-state index contributed by atoms with van der Waals surface area (Å²) in [4.78, 5) is 0. The third-order valence-electron chi connectivity index (χ3n) is 3.44. The monoisotopic (exact) mass is 234 g/mol. The average molecular weight is 234 g/mol. The van der Waals surface area contributed by atoms with Crippen LogP contribution < -0.4 is 10.2 Å². The molecule has 0 saturated heterocycles. The van der Waals surface area contributed by atoms with Crippen LogP contribution in [0.25, 0.3) is 0 Å². The second kappa shape index (κ2) is 5.56. The number of hydrogen-bond acceptors (Lipinski definition) is 3. The van der Waals surface area contributed by atoms with Crippen LogP contribution in [0.3, 0.4) is 0 Å². The first-order valence-corrected chi connectivity index (χ1v) is 6.28. The van der Waals surface area contributed by atoms with Gasteiger partial charge in [-0.1, -0.05) is 19.1 Å². The van der Waals surface area contributed by atoms with Crippen LogP contribution in [0.4, 0.5) is 0 Å². The van der Waals surface area contributed by atoms with Crippen molar-refractivity contribution in [3.63, 3.8) is 0 Å². The largest absolute Gasteiger partial charge is 0.490 e. The van der Waals surface area contributed by atoms with E-state index in [2.05, 4.69) is 6.92 Å². The van der Waals surface area contributed by atoms with Gasteiger partial charge in [-0.25, -0.2) is 0 Å². The molecular weight excluding hydrogens is 215 g/mol. The molecule has 0 spiro atoms. The SMILES string of the molecule is CC1CCC(Oc2ccc(B(O)O)cc2)CC1. The zero-order valence-electron chi connectivity index (χ0n) is 10.2. The smallest absolute Gasteiger partial charge is 0.488 e. The number of hydrogen-bond donors (Lipinski definition) is 2. The lowest BCUT2D eigenvalue weighted by Gasteiger charge is -2.26. The second-order valence-electron chi connectivity index (χ2n) is 4.94.